The fraction of sp³-hybridized carbons (Fsp3) is 0.364. The second-order valence-electron chi connectivity index (χ2n) is 3.13. The summed E-state index contributed by atoms with van der Waals surface area (Å²) >= 11 is 0. The van der Waals surface area contributed by atoms with E-state index in [0.717, 1.165) is 12.0 Å². The van der Waals surface area contributed by atoms with Crippen LogP contribution in [-0.4, -0.2) is 12.6 Å². The van der Waals surface area contributed by atoms with E-state index in [1.807, 2.05) is 37.3 Å². The highest BCUT2D eigenvalue weighted by Gasteiger charge is 2.20. The van der Waals surface area contributed by atoms with Crippen molar-refractivity contribution in [1.82, 2.24) is 0 Å². The van der Waals surface area contributed by atoms with E-state index in [-0.39, 0.29) is 5.97 Å². The molecule has 1 atom stereocenters. The third-order valence-corrected chi connectivity index (χ3v) is 1.93. The highest BCUT2D eigenvalue weighted by atomic mass is 16.5. The van der Waals surface area contributed by atoms with Gasteiger partial charge in [-0.25, -0.2) is 4.79 Å². The van der Waals surface area contributed by atoms with Crippen LogP contribution in [0.4, 0.5) is 0 Å². The van der Waals surface area contributed by atoms with Gasteiger partial charge in [-0.3, -0.25) is 0 Å². The first kappa shape index (κ1) is 10.7. The van der Waals surface area contributed by atoms with Crippen LogP contribution in [0.3, 0.4) is 0 Å². The lowest BCUT2D eigenvalue weighted by Gasteiger charge is -2.07. The van der Waals surface area contributed by atoms with Gasteiger partial charge < -0.3 is 10.5 Å². The molecular weight excluding hydrogens is 178 g/mol. The Morgan fingerprint density at radius 1 is 1.43 bits per heavy atom. The third-order valence-electron chi connectivity index (χ3n) is 1.93. The van der Waals surface area contributed by atoms with Gasteiger partial charge in [0.1, 0.15) is 0 Å². The number of carbonyl (C=O) groups is 1. The normalized spacial score (nSPS) is 12.1. The number of carbonyl (C=O) groups excluding carboxylic acids is 1. The Hall–Kier alpha value is -1.35. The topological polar surface area (TPSA) is 53.9 Å². The summed E-state index contributed by atoms with van der Waals surface area (Å²) in [6.07, 6.45) is 0.841. The molecule has 0 aromatic heterocycles. The quantitative estimate of drug-likeness (QED) is 0.725. The van der Waals surface area contributed by atoms with Gasteiger partial charge in [0.15, 0.2) is 0 Å². The Morgan fingerprint density at radius 3 is 2.64 bits per heavy atom. The van der Waals surface area contributed by atoms with E-state index < -0.39 is 6.04 Å². The molecule has 0 radical (unpaired) electrons. The van der Waals surface area contributed by atoms with Crippen molar-refractivity contribution in [3.63, 3.8) is 0 Å². The number of quaternary nitrogens is 1. The van der Waals surface area contributed by atoms with Crippen molar-refractivity contribution in [2.24, 2.45) is 0 Å². The van der Waals surface area contributed by atoms with E-state index in [0.29, 0.717) is 6.61 Å². The second kappa shape index (κ2) is 5.40. The molecule has 0 saturated carbocycles. The Morgan fingerprint density at radius 2 is 2.07 bits per heavy atom. The molecule has 0 aliphatic heterocycles. The maximum Gasteiger partial charge on any atom is 0.369 e. The molecule has 0 amide bonds. The van der Waals surface area contributed by atoms with Gasteiger partial charge in [-0.05, 0) is 6.42 Å². The average molecular weight is 194 g/mol. The molecule has 76 valence electrons. The molecule has 3 heteroatoms. The minimum absolute atomic E-state index is 0.252. The Bertz CT molecular complexity index is 285. The first-order valence-corrected chi connectivity index (χ1v) is 4.80. The van der Waals surface area contributed by atoms with Crippen LogP contribution in [-0.2, 0) is 9.53 Å². The summed E-state index contributed by atoms with van der Waals surface area (Å²) in [6, 6.07) is 9.03. The number of ether oxygens (including phenoxy) is 1. The summed E-state index contributed by atoms with van der Waals surface area (Å²) in [5, 5.41) is 0. The monoisotopic (exact) mass is 194 g/mol. The molecule has 3 nitrogen and oxygen atoms in total. The summed E-state index contributed by atoms with van der Waals surface area (Å²) in [6.45, 7) is 2.44. The lowest BCUT2D eigenvalue weighted by molar-refractivity contribution is -0.414. The molecule has 0 unspecified atom stereocenters. The number of esters is 1. The molecule has 0 bridgehead atoms. The Labute approximate surface area is 83.9 Å². The van der Waals surface area contributed by atoms with Crippen LogP contribution in [0.1, 0.15) is 24.9 Å². The molecule has 1 aromatic carbocycles. The zero-order chi connectivity index (χ0) is 10.4. The first-order chi connectivity index (χ1) is 6.75. The van der Waals surface area contributed by atoms with Gasteiger partial charge in [0, 0.05) is 5.56 Å². The summed E-state index contributed by atoms with van der Waals surface area (Å²) in [7, 11) is 0. The fourth-order valence-corrected chi connectivity index (χ4v) is 1.12. The summed E-state index contributed by atoms with van der Waals surface area (Å²) < 4.78 is 5.01. The standard InChI is InChI=1S/C11H15NO2/c1-2-8-14-11(13)10(12)9-6-4-3-5-7-9/h3-7,10H,2,8,12H2,1H3/p+1/t10-/m1/s1. The van der Waals surface area contributed by atoms with Crippen LogP contribution < -0.4 is 5.73 Å². The third kappa shape index (κ3) is 2.85. The highest BCUT2D eigenvalue weighted by molar-refractivity contribution is 5.75. The van der Waals surface area contributed by atoms with Gasteiger partial charge in [-0.1, -0.05) is 37.3 Å². The van der Waals surface area contributed by atoms with Gasteiger partial charge in [0.25, 0.3) is 0 Å². The van der Waals surface area contributed by atoms with Gasteiger partial charge in [-0.15, -0.1) is 0 Å². The van der Waals surface area contributed by atoms with Crippen LogP contribution in [0, 0.1) is 0 Å². The molecule has 0 saturated heterocycles. The number of benzene rings is 1. The summed E-state index contributed by atoms with van der Waals surface area (Å²) in [5.74, 6) is -0.252. The minimum Gasteiger partial charge on any atom is -0.461 e. The van der Waals surface area contributed by atoms with Crippen LogP contribution in [0.15, 0.2) is 30.3 Å². The molecule has 1 rings (SSSR count). The molecule has 0 fully saturated rings. The fourth-order valence-electron chi connectivity index (χ4n) is 1.12. The smallest absolute Gasteiger partial charge is 0.369 e. The van der Waals surface area contributed by atoms with Crippen LogP contribution in [0.2, 0.25) is 0 Å². The van der Waals surface area contributed by atoms with Gasteiger partial charge >= 0.3 is 5.97 Å². The minimum atomic E-state index is -0.414. The van der Waals surface area contributed by atoms with Crippen molar-refractivity contribution in [1.29, 1.82) is 0 Å². The maximum absolute atomic E-state index is 11.4. The van der Waals surface area contributed by atoms with E-state index in [9.17, 15) is 4.79 Å². The summed E-state index contributed by atoms with van der Waals surface area (Å²) in [4.78, 5) is 11.4. The van der Waals surface area contributed by atoms with E-state index in [2.05, 4.69) is 5.73 Å². The number of hydrogen-bond donors (Lipinski definition) is 1. The number of rotatable bonds is 4. The van der Waals surface area contributed by atoms with Gasteiger partial charge in [0.2, 0.25) is 6.04 Å². The van der Waals surface area contributed by atoms with Gasteiger partial charge in [0.05, 0.1) is 6.61 Å². The SMILES string of the molecule is CCCOC(=O)[C@H]([NH3+])c1ccccc1. The van der Waals surface area contributed by atoms with Crippen molar-refractivity contribution in [3.8, 4) is 0 Å². The van der Waals surface area contributed by atoms with E-state index in [1.165, 1.54) is 0 Å². The van der Waals surface area contributed by atoms with Crippen molar-refractivity contribution < 1.29 is 15.3 Å². The molecule has 0 aliphatic rings. The van der Waals surface area contributed by atoms with E-state index in [1.54, 1.807) is 0 Å². The van der Waals surface area contributed by atoms with Crippen molar-refractivity contribution in [2.45, 2.75) is 19.4 Å². The summed E-state index contributed by atoms with van der Waals surface area (Å²) in [5.41, 5.74) is 4.68. The zero-order valence-electron chi connectivity index (χ0n) is 8.40. The Kier molecular flexibility index (Phi) is 4.13. The first-order valence-electron chi connectivity index (χ1n) is 4.80. The lowest BCUT2D eigenvalue weighted by atomic mass is 10.1. The van der Waals surface area contributed by atoms with Crippen LogP contribution in [0.5, 0.6) is 0 Å². The van der Waals surface area contributed by atoms with Gasteiger partial charge in [-0.2, -0.15) is 0 Å². The Balaban J connectivity index is 2.57. The lowest BCUT2D eigenvalue weighted by Crippen LogP contribution is -2.57. The second-order valence-corrected chi connectivity index (χ2v) is 3.13. The van der Waals surface area contributed by atoms with Crippen molar-refractivity contribution in [3.05, 3.63) is 35.9 Å². The molecule has 1 aromatic rings. The van der Waals surface area contributed by atoms with Crippen molar-refractivity contribution >= 4 is 5.97 Å². The molecule has 0 spiro atoms. The van der Waals surface area contributed by atoms with E-state index in [4.69, 9.17) is 4.74 Å². The highest BCUT2D eigenvalue weighted by Crippen LogP contribution is 2.08. The molecular formula is C11H16NO2+. The van der Waals surface area contributed by atoms with Crippen molar-refractivity contribution in [2.75, 3.05) is 6.61 Å². The maximum atomic E-state index is 11.4. The molecule has 3 N–H and O–H groups in total. The zero-order valence-corrected chi connectivity index (χ0v) is 8.40. The number of hydrogen-bond acceptors (Lipinski definition) is 2. The molecule has 0 heterocycles. The van der Waals surface area contributed by atoms with Crippen LogP contribution >= 0.6 is 0 Å². The van der Waals surface area contributed by atoms with Crippen LogP contribution in [0.25, 0.3) is 0 Å². The predicted octanol–water partition coefficient (Wildman–Crippen LogP) is 0.923. The average Bonchev–Trinajstić information content (AvgIpc) is 2.26. The molecule has 14 heavy (non-hydrogen) atoms. The predicted molar refractivity (Wildman–Crippen MR) is 53.3 cm³/mol. The molecule has 0 aliphatic carbocycles. The largest absolute Gasteiger partial charge is 0.461 e. The van der Waals surface area contributed by atoms with E-state index >= 15 is 0 Å².